The summed E-state index contributed by atoms with van der Waals surface area (Å²) >= 11 is 1.71. The molecule has 0 unspecified atom stereocenters. The van der Waals surface area contributed by atoms with Gasteiger partial charge in [-0.2, -0.15) is 0 Å². The number of carbonyl (C=O) groups is 1. The van der Waals surface area contributed by atoms with E-state index in [-0.39, 0.29) is 17.9 Å². The van der Waals surface area contributed by atoms with Gasteiger partial charge in [-0.15, -0.1) is 11.3 Å². The molecule has 4 heteroatoms. The SMILES string of the molecule is Cc1cnc([C@H](NC(=O)[C@@H]2C[C@@H]2C)C2CC2)s1. The lowest BCUT2D eigenvalue weighted by Crippen LogP contribution is -2.31. The summed E-state index contributed by atoms with van der Waals surface area (Å²) in [6, 6.07) is 0.175. The maximum atomic E-state index is 12.0. The van der Waals surface area contributed by atoms with E-state index in [0.717, 1.165) is 11.4 Å². The lowest BCUT2D eigenvalue weighted by atomic mass is 10.2. The highest BCUT2D eigenvalue weighted by molar-refractivity contribution is 7.11. The summed E-state index contributed by atoms with van der Waals surface area (Å²) in [5, 5.41) is 4.30. The summed E-state index contributed by atoms with van der Waals surface area (Å²) in [7, 11) is 0. The van der Waals surface area contributed by atoms with Gasteiger partial charge in [-0.1, -0.05) is 6.92 Å². The summed E-state index contributed by atoms with van der Waals surface area (Å²) in [6.45, 7) is 4.21. The predicted octanol–water partition coefficient (Wildman–Crippen LogP) is 2.67. The van der Waals surface area contributed by atoms with Crippen molar-refractivity contribution in [1.29, 1.82) is 0 Å². The highest BCUT2D eigenvalue weighted by atomic mass is 32.1. The lowest BCUT2D eigenvalue weighted by Gasteiger charge is -2.15. The van der Waals surface area contributed by atoms with Crippen LogP contribution in [-0.4, -0.2) is 10.9 Å². The van der Waals surface area contributed by atoms with Gasteiger partial charge in [0.15, 0.2) is 0 Å². The van der Waals surface area contributed by atoms with E-state index in [2.05, 4.69) is 24.1 Å². The maximum Gasteiger partial charge on any atom is 0.223 e. The van der Waals surface area contributed by atoms with Gasteiger partial charge in [0.1, 0.15) is 5.01 Å². The summed E-state index contributed by atoms with van der Waals surface area (Å²) in [4.78, 5) is 17.7. The molecule has 0 bridgehead atoms. The Kier molecular flexibility index (Phi) is 2.69. The molecule has 1 aromatic rings. The zero-order valence-electron chi connectivity index (χ0n) is 10.3. The Balaban J connectivity index is 1.70. The van der Waals surface area contributed by atoms with Crippen LogP contribution in [0.15, 0.2) is 6.20 Å². The minimum Gasteiger partial charge on any atom is -0.346 e. The van der Waals surface area contributed by atoms with Crippen LogP contribution in [0.2, 0.25) is 0 Å². The van der Waals surface area contributed by atoms with Gasteiger partial charge in [-0.05, 0) is 38.0 Å². The van der Waals surface area contributed by atoms with Crippen LogP contribution in [0.4, 0.5) is 0 Å². The molecule has 92 valence electrons. The van der Waals surface area contributed by atoms with Gasteiger partial charge in [0.25, 0.3) is 0 Å². The Hall–Kier alpha value is -0.900. The summed E-state index contributed by atoms with van der Waals surface area (Å²) < 4.78 is 0. The molecule has 3 nitrogen and oxygen atoms in total. The number of aryl methyl sites for hydroxylation is 1. The van der Waals surface area contributed by atoms with Crippen LogP contribution in [0.3, 0.4) is 0 Å². The third kappa shape index (κ3) is 2.37. The van der Waals surface area contributed by atoms with E-state index in [9.17, 15) is 4.79 Å². The minimum absolute atomic E-state index is 0.175. The zero-order chi connectivity index (χ0) is 12.0. The summed E-state index contributed by atoms with van der Waals surface area (Å²) in [5.41, 5.74) is 0. The fourth-order valence-corrected chi connectivity index (χ4v) is 3.19. The molecule has 17 heavy (non-hydrogen) atoms. The number of rotatable bonds is 4. The van der Waals surface area contributed by atoms with Crippen LogP contribution >= 0.6 is 11.3 Å². The van der Waals surface area contributed by atoms with Gasteiger partial charge in [-0.25, -0.2) is 4.98 Å². The number of aromatic nitrogens is 1. The number of thiazole rings is 1. The van der Waals surface area contributed by atoms with Crippen LogP contribution in [0.5, 0.6) is 0 Å². The molecule has 0 aliphatic heterocycles. The van der Waals surface area contributed by atoms with Gasteiger partial charge in [0.05, 0.1) is 6.04 Å². The number of hydrogen-bond acceptors (Lipinski definition) is 3. The molecule has 0 saturated heterocycles. The second kappa shape index (κ2) is 4.09. The van der Waals surface area contributed by atoms with Crippen molar-refractivity contribution in [1.82, 2.24) is 10.3 Å². The number of nitrogens with zero attached hydrogens (tertiary/aromatic N) is 1. The van der Waals surface area contributed by atoms with Gasteiger partial charge >= 0.3 is 0 Å². The van der Waals surface area contributed by atoms with Crippen molar-refractivity contribution in [3.8, 4) is 0 Å². The smallest absolute Gasteiger partial charge is 0.223 e. The summed E-state index contributed by atoms with van der Waals surface area (Å²) in [5.74, 6) is 1.70. The van der Waals surface area contributed by atoms with Crippen molar-refractivity contribution in [3.63, 3.8) is 0 Å². The highest BCUT2D eigenvalue weighted by Crippen LogP contribution is 2.44. The van der Waals surface area contributed by atoms with E-state index >= 15 is 0 Å². The molecule has 1 aromatic heterocycles. The molecule has 3 atom stereocenters. The highest BCUT2D eigenvalue weighted by Gasteiger charge is 2.42. The van der Waals surface area contributed by atoms with Gasteiger partial charge < -0.3 is 5.32 Å². The number of carbonyl (C=O) groups excluding carboxylic acids is 1. The minimum atomic E-state index is 0.175. The normalized spacial score (nSPS) is 28.8. The van der Waals surface area contributed by atoms with Crippen LogP contribution in [0, 0.1) is 24.7 Å². The molecule has 1 N–H and O–H groups in total. The lowest BCUT2D eigenvalue weighted by molar-refractivity contribution is -0.123. The van der Waals surface area contributed by atoms with Crippen molar-refractivity contribution >= 4 is 17.2 Å². The number of hydrogen-bond donors (Lipinski definition) is 1. The second-order valence-corrected chi connectivity index (χ2v) is 6.72. The molecule has 0 radical (unpaired) electrons. The van der Waals surface area contributed by atoms with Crippen molar-refractivity contribution in [2.75, 3.05) is 0 Å². The second-order valence-electron chi connectivity index (χ2n) is 5.45. The van der Waals surface area contributed by atoms with Crippen LogP contribution < -0.4 is 5.32 Å². The van der Waals surface area contributed by atoms with Gasteiger partial charge in [-0.3, -0.25) is 4.79 Å². The molecule has 1 amide bonds. The first-order valence-electron chi connectivity index (χ1n) is 6.38. The molecule has 2 fully saturated rings. The monoisotopic (exact) mass is 250 g/mol. The molecule has 0 spiro atoms. The van der Waals surface area contributed by atoms with Crippen molar-refractivity contribution in [3.05, 3.63) is 16.1 Å². The molecular formula is C13H18N2OS. The average Bonchev–Trinajstić information content (AvgIpc) is 3.18. The predicted molar refractivity (Wildman–Crippen MR) is 67.7 cm³/mol. The first-order chi connectivity index (χ1) is 8.15. The molecule has 2 aliphatic carbocycles. The molecule has 1 heterocycles. The standard InChI is InChI=1S/C13H18N2OS/c1-7-5-10(7)12(16)15-11(9-3-4-9)13-14-6-8(2)17-13/h6-7,9-11H,3-5H2,1-2H3,(H,15,16)/t7-,10+,11+/m0/s1. The molecule has 2 saturated carbocycles. The topological polar surface area (TPSA) is 42.0 Å². The van der Waals surface area contributed by atoms with Crippen LogP contribution in [-0.2, 0) is 4.79 Å². The molecule has 3 rings (SSSR count). The van der Waals surface area contributed by atoms with E-state index in [1.807, 2.05) is 6.20 Å². The van der Waals surface area contributed by atoms with Crippen molar-refractivity contribution < 1.29 is 4.79 Å². The fraction of sp³-hybridized carbons (Fsp3) is 0.692. The molecule has 2 aliphatic rings. The Morgan fingerprint density at radius 1 is 1.59 bits per heavy atom. The van der Waals surface area contributed by atoms with E-state index < -0.39 is 0 Å². The fourth-order valence-electron chi connectivity index (χ4n) is 2.27. The first kappa shape index (κ1) is 11.2. The Bertz CT molecular complexity index is 438. The Morgan fingerprint density at radius 3 is 2.76 bits per heavy atom. The van der Waals surface area contributed by atoms with Crippen LogP contribution in [0.25, 0.3) is 0 Å². The third-order valence-electron chi connectivity index (χ3n) is 3.74. The van der Waals surface area contributed by atoms with Gasteiger partial charge in [0, 0.05) is 17.0 Å². The first-order valence-corrected chi connectivity index (χ1v) is 7.19. The van der Waals surface area contributed by atoms with Crippen LogP contribution in [0.1, 0.15) is 42.1 Å². The van der Waals surface area contributed by atoms with Crippen molar-refractivity contribution in [2.24, 2.45) is 17.8 Å². The average molecular weight is 250 g/mol. The van der Waals surface area contributed by atoms with E-state index in [0.29, 0.717) is 11.8 Å². The van der Waals surface area contributed by atoms with E-state index in [1.54, 1.807) is 11.3 Å². The van der Waals surface area contributed by atoms with Gasteiger partial charge in [0.2, 0.25) is 5.91 Å². The Morgan fingerprint density at radius 2 is 2.29 bits per heavy atom. The molecule has 0 aromatic carbocycles. The summed E-state index contributed by atoms with van der Waals surface area (Å²) in [6.07, 6.45) is 5.41. The maximum absolute atomic E-state index is 12.0. The third-order valence-corrected chi connectivity index (χ3v) is 4.74. The Labute approximate surface area is 106 Å². The van der Waals surface area contributed by atoms with E-state index in [1.165, 1.54) is 17.7 Å². The van der Waals surface area contributed by atoms with E-state index in [4.69, 9.17) is 0 Å². The van der Waals surface area contributed by atoms with Crippen molar-refractivity contribution in [2.45, 2.75) is 39.2 Å². The largest absolute Gasteiger partial charge is 0.346 e. The number of amides is 1. The number of nitrogens with one attached hydrogen (secondary N) is 1. The quantitative estimate of drug-likeness (QED) is 0.892. The molecular weight excluding hydrogens is 232 g/mol. The zero-order valence-corrected chi connectivity index (χ0v) is 11.1.